The van der Waals surface area contributed by atoms with E-state index in [0.717, 1.165) is 6.26 Å². The van der Waals surface area contributed by atoms with Gasteiger partial charge in [0.05, 0.1) is 24.0 Å². The van der Waals surface area contributed by atoms with Crippen LogP contribution in [0.4, 0.5) is 10.5 Å². The van der Waals surface area contributed by atoms with Crippen molar-refractivity contribution >= 4 is 33.0 Å². The third-order valence-corrected chi connectivity index (χ3v) is 3.62. The zero-order chi connectivity index (χ0) is 15.9. The minimum absolute atomic E-state index is 0.133. The maximum Gasteiger partial charge on any atom is 0.417 e. The van der Waals surface area contributed by atoms with Crippen LogP contribution in [0.5, 0.6) is 0 Å². The molecule has 1 unspecified atom stereocenters. The summed E-state index contributed by atoms with van der Waals surface area (Å²) in [5.41, 5.74) is 1.30. The number of rotatable bonds is 4. The lowest BCUT2D eigenvalue weighted by Crippen LogP contribution is -2.26. The van der Waals surface area contributed by atoms with Gasteiger partial charge in [-0.15, -0.1) is 0 Å². The molecule has 118 valence electrons. The number of amides is 1. The molecule has 10 heteroatoms. The van der Waals surface area contributed by atoms with Crippen molar-refractivity contribution in [1.82, 2.24) is 4.98 Å². The van der Waals surface area contributed by atoms with E-state index in [9.17, 15) is 18.0 Å². The third kappa shape index (κ3) is 2.97. The molecule has 1 aliphatic heterocycles. The Morgan fingerprint density at radius 3 is 2.91 bits per heavy atom. The summed E-state index contributed by atoms with van der Waals surface area (Å²) < 4.78 is 36.5. The number of carbonyl (C=O) groups is 1. The molecule has 1 atom stereocenters. The predicted octanol–water partition coefficient (Wildman–Crippen LogP) is 0.422. The number of hydrogen-bond donors (Lipinski definition) is 1. The zero-order valence-corrected chi connectivity index (χ0v) is 12.3. The van der Waals surface area contributed by atoms with Gasteiger partial charge in [-0.3, -0.25) is 14.1 Å². The van der Waals surface area contributed by atoms with Crippen LogP contribution in [0, 0.1) is 0 Å². The number of anilines is 1. The Hall–Kier alpha value is -2.33. The molecule has 0 radical (unpaired) electrons. The number of hydrogen-bond acceptors (Lipinski definition) is 7. The average Bonchev–Trinajstić information content (AvgIpc) is 2.96. The van der Waals surface area contributed by atoms with Crippen molar-refractivity contribution in [1.29, 1.82) is 0 Å². The van der Waals surface area contributed by atoms with Gasteiger partial charge in [0.1, 0.15) is 12.7 Å². The summed E-state index contributed by atoms with van der Waals surface area (Å²) in [5, 5.41) is 0. The number of ether oxygens (including phenoxy) is 1. The van der Waals surface area contributed by atoms with Crippen molar-refractivity contribution in [3.63, 3.8) is 0 Å². The van der Waals surface area contributed by atoms with E-state index in [0.29, 0.717) is 16.8 Å². The van der Waals surface area contributed by atoms with Crippen molar-refractivity contribution in [2.24, 2.45) is 0 Å². The summed E-state index contributed by atoms with van der Waals surface area (Å²) >= 11 is 0. The molecule has 2 heterocycles. The first-order chi connectivity index (χ1) is 10.3. The molecule has 0 saturated carbocycles. The van der Waals surface area contributed by atoms with Crippen LogP contribution in [0.15, 0.2) is 27.4 Å². The highest BCUT2D eigenvalue weighted by molar-refractivity contribution is 7.85. The highest BCUT2D eigenvalue weighted by Gasteiger charge is 2.33. The first-order valence-electron chi connectivity index (χ1n) is 6.27. The topological polar surface area (TPSA) is 119 Å². The van der Waals surface area contributed by atoms with Gasteiger partial charge in [-0.1, -0.05) is 0 Å². The van der Waals surface area contributed by atoms with Crippen LogP contribution in [0.1, 0.15) is 0 Å². The fraction of sp³-hybridized carbons (Fsp3) is 0.333. The molecule has 0 aliphatic carbocycles. The number of H-pyrrole nitrogens is 1. The molecule has 1 aliphatic rings. The Balaban J connectivity index is 1.78. The molecule has 1 aromatic heterocycles. The fourth-order valence-corrected chi connectivity index (χ4v) is 2.52. The fourth-order valence-electron chi connectivity index (χ4n) is 2.12. The highest BCUT2D eigenvalue weighted by atomic mass is 32.2. The quantitative estimate of drug-likeness (QED) is 0.808. The van der Waals surface area contributed by atoms with Gasteiger partial charge in [-0.2, -0.15) is 8.42 Å². The first-order valence-corrected chi connectivity index (χ1v) is 8.09. The van der Waals surface area contributed by atoms with Crippen LogP contribution in [0.2, 0.25) is 0 Å². The van der Waals surface area contributed by atoms with Crippen LogP contribution in [0.3, 0.4) is 0 Å². The largest absolute Gasteiger partial charge is 0.441 e. The molecule has 9 nitrogen and oxygen atoms in total. The average molecular weight is 328 g/mol. The van der Waals surface area contributed by atoms with Crippen LogP contribution < -0.4 is 10.7 Å². The number of fused-ring (bicyclic) bond motifs is 1. The van der Waals surface area contributed by atoms with Crippen LogP contribution >= 0.6 is 0 Å². The molecule has 22 heavy (non-hydrogen) atoms. The van der Waals surface area contributed by atoms with E-state index in [2.05, 4.69) is 9.17 Å². The Morgan fingerprint density at radius 1 is 1.41 bits per heavy atom. The lowest BCUT2D eigenvalue weighted by molar-refractivity contribution is 0.107. The molecular formula is C12H12N2O7S. The van der Waals surface area contributed by atoms with E-state index in [-0.39, 0.29) is 13.2 Å². The SMILES string of the molecule is CS(=O)(=O)OCC1CN(c2ccc3[nH]c(=O)oc3c2)C(=O)O1. The van der Waals surface area contributed by atoms with Crippen LogP contribution in [-0.2, 0) is 19.0 Å². The van der Waals surface area contributed by atoms with E-state index in [4.69, 9.17) is 9.15 Å². The van der Waals surface area contributed by atoms with Gasteiger partial charge in [0.15, 0.2) is 5.58 Å². The normalized spacial score (nSPS) is 18.9. The molecule has 1 N–H and O–H groups in total. The van der Waals surface area contributed by atoms with Crippen LogP contribution in [-0.4, -0.2) is 45.0 Å². The molecule has 1 amide bonds. The second kappa shape index (κ2) is 5.14. The molecule has 0 bridgehead atoms. The maximum absolute atomic E-state index is 11.8. The van der Waals surface area contributed by atoms with Gasteiger partial charge in [-0.25, -0.2) is 9.59 Å². The Kier molecular flexibility index (Phi) is 3.41. The third-order valence-electron chi connectivity index (χ3n) is 3.06. The number of nitrogens with zero attached hydrogens (tertiary/aromatic N) is 1. The Bertz CT molecular complexity index is 882. The number of nitrogens with one attached hydrogen (secondary N) is 1. The van der Waals surface area contributed by atoms with Crippen LogP contribution in [0.25, 0.3) is 11.1 Å². The standard InChI is InChI=1S/C12H12N2O7S/c1-22(17,18)19-6-8-5-14(12(16)20-8)7-2-3-9-10(4-7)21-11(15)13-9/h2-4,8H,5-6H2,1H3,(H,13,15). The number of oxazole rings is 1. The minimum atomic E-state index is -3.60. The molecular weight excluding hydrogens is 316 g/mol. The van der Waals surface area contributed by atoms with E-state index in [1.54, 1.807) is 12.1 Å². The predicted molar refractivity (Wildman–Crippen MR) is 75.2 cm³/mol. The first kappa shape index (κ1) is 14.6. The lowest BCUT2D eigenvalue weighted by Gasteiger charge is -2.12. The van der Waals surface area contributed by atoms with Gasteiger partial charge < -0.3 is 9.15 Å². The van der Waals surface area contributed by atoms with Gasteiger partial charge in [-0.05, 0) is 12.1 Å². The molecule has 2 aromatic rings. The minimum Gasteiger partial charge on any atom is -0.441 e. The van der Waals surface area contributed by atoms with Crippen molar-refractivity contribution in [3.05, 3.63) is 28.7 Å². The van der Waals surface area contributed by atoms with Crippen molar-refractivity contribution in [3.8, 4) is 0 Å². The van der Waals surface area contributed by atoms with Gasteiger partial charge in [0.2, 0.25) is 0 Å². The zero-order valence-electron chi connectivity index (χ0n) is 11.4. The summed E-state index contributed by atoms with van der Waals surface area (Å²) in [4.78, 5) is 26.8. The molecule has 3 rings (SSSR count). The summed E-state index contributed by atoms with van der Waals surface area (Å²) in [5.74, 6) is -0.587. The second-order valence-corrected chi connectivity index (χ2v) is 6.44. The molecule has 1 saturated heterocycles. The van der Waals surface area contributed by atoms with E-state index < -0.39 is 28.1 Å². The van der Waals surface area contributed by atoms with E-state index in [1.807, 2.05) is 0 Å². The van der Waals surface area contributed by atoms with E-state index >= 15 is 0 Å². The second-order valence-electron chi connectivity index (χ2n) is 4.80. The van der Waals surface area contributed by atoms with Crippen molar-refractivity contribution in [2.75, 3.05) is 24.3 Å². The summed E-state index contributed by atoms with van der Waals surface area (Å²) in [6.45, 7) is -0.114. The van der Waals surface area contributed by atoms with Gasteiger partial charge in [0.25, 0.3) is 10.1 Å². The monoisotopic (exact) mass is 328 g/mol. The van der Waals surface area contributed by atoms with Crippen molar-refractivity contribution < 1.29 is 26.5 Å². The summed E-state index contributed by atoms with van der Waals surface area (Å²) in [6.07, 6.45) is -0.404. The van der Waals surface area contributed by atoms with Crippen molar-refractivity contribution in [2.45, 2.75) is 6.10 Å². The van der Waals surface area contributed by atoms with Gasteiger partial charge >= 0.3 is 11.8 Å². The molecule has 0 spiro atoms. The number of aromatic amines is 1. The maximum atomic E-state index is 11.8. The van der Waals surface area contributed by atoms with E-state index in [1.165, 1.54) is 11.0 Å². The Labute approximate surface area is 124 Å². The number of carbonyl (C=O) groups excluding carboxylic acids is 1. The summed E-state index contributed by atoms with van der Waals surface area (Å²) in [7, 11) is -3.60. The smallest absolute Gasteiger partial charge is 0.417 e. The highest BCUT2D eigenvalue weighted by Crippen LogP contribution is 2.25. The molecule has 1 fully saturated rings. The number of benzene rings is 1. The number of aromatic nitrogens is 1. The lowest BCUT2D eigenvalue weighted by atomic mass is 10.2. The summed E-state index contributed by atoms with van der Waals surface area (Å²) in [6, 6.07) is 4.74. The Morgan fingerprint density at radius 2 is 2.18 bits per heavy atom. The van der Waals surface area contributed by atoms with Gasteiger partial charge in [0, 0.05) is 6.07 Å². The number of cyclic esters (lactones) is 1. The molecule has 1 aromatic carbocycles.